The number of halogens is 1. The third-order valence-electron chi connectivity index (χ3n) is 2.26. The molecule has 1 aromatic heterocycles. The molecule has 2 nitrogen and oxygen atoms in total. The maximum Gasteiger partial charge on any atom is 0.137 e. The zero-order chi connectivity index (χ0) is 11.4. The quantitative estimate of drug-likeness (QED) is 0.588. The van der Waals surface area contributed by atoms with Gasteiger partial charge in [0.1, 0.15) is 16.5 Å². The van der Waals surface area contributed by atoms with Gasteiger partial charge in [-0.3, -0.25) is 0 Å². The number of hydrogen-bond donors (Lipinski definition) is 0. The molecule has 1 heterocycles. The Balaban J connectivity index is 3.00. The van der Waals surface area contributed by atoms with Crippen LogP contribution in [0.2, 0.25) is 5.15 Å². The minimum Gasteiger partial charge on any atom is -0.230 e. The Morgan fingerprint density at radius 1 is 1.33 bits per heavy atom. The standard InChI is InChI=1S/C11H17ClN2S/c1-5-8(4)15-11-9(7(2)3)10(12)13-6-14-11/h6-8H,5H2,1-4H3. The van der Waals surface area contributed by atoms with Gasteiger partial charge >= 0.3 is 0 Å². The summed E-state index contributed by atoms with van der Waals surface area (Å²) in [7, 11) is 0. The number of aromatic nitrogens is 2. The van der Waals surface area contributed by atoms with Gasteiger partial charge in [0.05, 0.1) is 0 Å². The van der Waals surface area contributed by atoms with Gasteiger partial charge in [-0.05, 0) is 12.3 Å². The second kappa shape index (κ2) is 5.71. The van der Waals surface area contributed by atoms with E-state index in [0.29, 0.717) is 16.3 Å². The zero-order valence-corrected chi connectivity index (χ0v) is 11.2. The maximum absolute atomic E-state index is 6.09. The number of rotatable bonds is 4. The molecule has 0 bridgehead atoms. The first-order valence-electron chi connectivity index (χ1n) is 5.23. The van der Waals surface area contributed by atoms with Crippen LogP contribution in [0.4, 0.5) is 0 Å². The van der Waals surface area contributed by atoms with Crippen molar-refractivity contribution in [3.63, 3.8) is 0 Å². The second-order valence-corrected chi connectivity index (χ2v) is 5.66. The van der Waals surface area contributed by atoms with Crippen molar-refractivity contribution in [1.29, 1.82) is 0 Å². The van der Waals surface area contributed by atoms with Gasteiger partial charge in [0.15, 0.2) is 0 Å². The van der Waals surface area contributed by atoms with Crippen molar-refractivity contribution < 1.29 is 0 Å². The highest BCUT2D eigenvalue weighted by molar-refractivity contribution is 7.99. The highest BCUT2D eigenvalue weighted by Gasteiger charge is 2.15. The van der Waals surface area contributed by atoms with Gasteiger partial charge in [-0.15, -0.1) is 11.8 Å². The van der Waals surface area contributed by atoms with E-state index < -0.39 is 0 Å². The van der Waals surface area contributed by atoms with E-state index in [1.165, 1.54) is 0 Å². The van der Waals surface area contributed by atoms with Gasteiger partial charge in [-0.25, -0.2) is 9.97 Å². The predicted molar refractivity (Wildman–Crippen MR) is 66.7 cm³/mol. The predicted octanol–water partition coefficient (Wildman–Crippen LogP) is 4.14. The van der Waals surface area contributed by atoms with Crippen LogP contribution in [0.3, 0.4) is 0 Å². The molecular formula is C11H17ClN2S. The average molecular weight is 245 g/mol. The molecular weight excluding hydrogens is 228 g/mol. The van der Waals surface area contributed by atoms with Crippen LogP contribution in [-0.2, 0) is 0 Å². The summed E-state index contributed by atoms with van der Waals surface area (Å²) in [6.07, 6.45) is 2.67. The largest absolute Gasteiger partial charge is 0.230 e. The summed E-state index contributed by atoms with van der Waals surface area (Å²) in [6, 6.07) is 0. The first-order chi connectivity index (χ1) is 7.06. The summed E-state index contributed by atoms with van der Waals surface area (Å²) in [6.45, 7) is 8.61. The molecule has 0 aliphatic rings. The van der Waals surface area contributed by atoms with Crippen molar-refractivity contribution >= 4 is 23.4 Å². The van der Waals surface area contributed by atoms with Crippen LogP contribution in [0.5, 0.6) is 0 Å². The molecule has 0 fully saturated rings. The molecule has 1 rings (SSSR count). The third kappa shape index (κ3) is 3.35. The van der Waals surface area contributed by atoms with Crippen LogP contribution in [0.15, 0.2) is 11.4 Å². The van der Waals surface area contributed by atoms with E-state index in [1.807, 2.05) is 0 Å². The van der Waals surface area contributed by atoms with Crippen LogP contribution < -0.4 is 0 Å². The first-order valence-corrected chi connectivity index (χ1v) is 6.49. The van der Waals surface area contributed by atoms with Crippen molar-refractivity contribution in [1.82, 2.24) is 9.97 Å². The Hall–Kier alpha value is -0.280. The Kier molecular flexibility index (Phi) is 4.87. The zero-order valence-electron chi connectivity index (χ0n) is 9.62. The number of thioether (sulfide) groups is 1. The fourth-order valence-corrected chi connectivity index (χ4v) is 2.73. The topological polar surface area (TPSA) is 25.8 Å². The lowest BCUT2D eigenvalue weighted by Gasteiger charge is -2.14. The molecule has 0 amide bonds. The lowest BCUT2D eigenvalue weighted by Crippen LogP contribution is -2.01. The van der Waals surface area contributed by atoms with Crippen LogP contribution in [0.25, 0.3) is 0 Å². The monoisotopic (exact) mass is 244 g/mol. The number of hydrogen-bond acceptors (Lipinski definition) is 3. The Morgan fingerprint density at radius 2 is 2.00 bits per heavy atom. The van der Waals surface area contributed by atoms with E-state index in [0.717, 1.165) is 17.0 Å². The van der Waals surface area contributed by atoms with Crippen LogP contribution in [0.1, 0.15) is 45.6 Å². The molecule has 0 saturated heterocycles. The number of nitrogens with zero attached hydrogens (tertiary/aromatic N) is 2. The van der Waals surface area contributed by atoms with Crippen molar-refractivity contribution in [2.75, 3.05) is 0 Å². The summed E-state index contributed by atoms with van der Waals surface area (Å²) in [4.78, 5) is 8.35. The molecule has 4 heteroatoms. The Morgan fingerprint density at radius 3 is 2.53 bits per heavy atom. The van der Waals surface area contributed by atoms with E-state index >= 15 is 0 Å². The van der Waals surface area contributed by atoms with E-state index in [-0.39, 0.29) is 0 Å². The van der Waals surface area contributed by atoms with Crippen LogP contribution >= 0.6 is 23.4 Å². The van der Waals surface area contributed by atoms with Gasteiger partial charge in [-0.1, -0.05) is 39.3 Å². The lowest BCUT2D eigenvalue weighted by atomic mass is 10.1. The van der Waals surface area contributed by atoms with E-state index in [2.05, 4.69) is 37.7 Å². The molecule has 0 radical (unpaired) electrons. The van der Waals surface area contributed by atoms with E-state index in [9.17, 15) is 0 Å². The van der Waals surface area contributed by atoms with Crippen molar-refractivity contribution in [3.05, 3.63) is 17.0 Å². The second-order valence-electron chi connectivity index (χ2n) is 3.87. The van der Waals surface area contributed by atoms with E-state index in [4.69, 9.17) is 11.6 Å². The summed E-state index contributed by atoms with van der Waals surface area (Å²) in [5.41, 5.74) is 1.07. The minimum absolute atomic E-state index is 0.366. The van der Waals surface area contributed by atoms with Crippen molar-refractivity contribution in [2.45, 2.75) is 50.3 Å². The summed E-state index contributed by atoms with van der Waals surface area (Å²) in [5, 5.41) is 2.18. The molecule has 84 valence electrons. The molecule has 1 unspecified atom stereocenters. The maximum atomic E-state index is 6.09. The van der Waals surface area contributed by atoms with Crippen LogP contribution in [-0.4, -0.2) is 15.2 Å². The lowest BCUT2D eigenvalue weighted by molar-refractivity contribution is 0.798. The Bertz CT molecular complexity index is 328. The molecule has 1 aromatic rings. The first kappa shape index (κ1) is 12.8. The Labute approximate surface area is 101 Å². The van der Waals surface area contributed by atoms with Crippen molar-refractivity contribution in [2.24, 2.45) is 0 Å². The normalized spacial score (nSPS) is 13.2. The molecule has 0 aliphatic heterocycles. The molecule has 0 aromatic carbocycles. The molecule has 0 saturated carbocycles. The molecule has 1 atom stereocenters. The summed E-state index contributed by atoms with van der Waals surface area (Å²) in [5.74, 6) is 0.366. The highest BCUT2D eigenvalue weighted by atomic mass is 35.5. The fraction of sp³-hybridized carbons (Fsp3) is 0.636. The summed E-state index contributed by atoms with van der Waals surface area (Å²) >= 11 is 7.86. The fourth-order valence-electron chi connectivity index (χ4n) is 1.21. The molecule has 0 N–H and O–H groups in total. The molecule has 15 heavy (non-hydrogen) atoms. The van der Waals surface area contributed by atoms with Crippen molar-refractivity contribution in [3.8, 4) is 0 Å². The molecule has 0 aliphatic carbocycles. The summed E-state index contributed by atoms with van der Waals surface area (Å²) < 4.78 is 0. The van der Waals surface area contributed by atoms with Gasteiger partial charge < -0.3 is 0 Å². The van der Waals surface area contributed by atoms with Crippen LogP contribution in [0, 0.1) is 0 Å². The average Bonchev–Trinajstić information content (AvgIpc) is 2.17. The van der Waals surface area contributed by atoms with E-state index in [1.54, 1.807) is 18.1 Å². The molecule has 0 spiro atoms. The van der Waals surface area contributed by atoms with Gasteiger partial charge in [0.25, 0.3) is 0 Å². The van der Waals surface area contributed by atoms with Gasteiger partial charge in [0.2, 0.25) is 0 Å². The highest BCUT2D eigenvalue weighted by Crippen LogP contribution is 2.33. The third-order valence-corrected chi connectivity index (χ3v) is 3.85. The van der Waals surface area contributed by atoms with Gasteiger partial charge in [0, 0.05) is 10.8 Å². The SMILES string of the molecule is CCC(C)Sc1ncnc(Cl)c1C(C)C. The van der Waals surface area contributed by atoms with Gasteiger partial charge in [-0.2, -0.15) is 0 Å². The smallest absolute Gasteiger partial charge is 0.137 e. The minimum atomic E-state index is 0.366.